The van der Waals surface area contributed by atoms with Crippen molar-refractivity contribution in [2.75, 3.05) is 25.1 Å². The predicted octanol–water partition coefficient (Wildman–Crippen LogP) is 2.62. The summed E-state index contributed by atoms with van der Waals surface area (Å²) in [6, 6.07) is 6.38. The largest absolute Gasteiger partial charge is 0.494 e. The van der Waals surface area contributed by atoms with Crippen LogP contribution in [-0.4, -0.2) is 70.8 Å². The van der Waals surface area contributed by atoms with Gasteiger partial charge in [-0.15, -0.1) is 0 Å². The van der Waals surface area contributed by atoms with Crippen LogP contribution in [0.3, 0.4) is 0 Å². The second-order valence-corrected chi connectivity index (χ2v) is 10.9. The Morgan fingerprint density at radius 2 is 1.84 bits per heavy atom. The van der Waals surface area contributed by atoms with E-state index in [4.69, 9.17) is 9.47 Å². The van der Waals surface area contributed by atoms with Gasteiger partial charge in [-0.2, -0.15) is 0 Å². The zero-order chi connectivity index (χ0) is 26.2. The molecule has 3 saturated heterocycles. The van der Waals surface area contributed by atoms with E-state index in [1.165, 1.54) is 11.3 Å². The van der Waals surface area contributed by atoms with Gasteiger partial charge in [0.2, 0.25) is 17.7 Å². The van der Waals surface area contributed by atoms with E-state index >= 15 is 0 Å². The molecule has 3 aliphatic heterocycles. The van der Waals surface area contributed by atoms with E-state index in [1.807, 2.05) is 13.8 Å². The third-order valence-electron chi connectivity index (χ3n) is 8.94. The fraction of sp³-hybridized carbons (Fsp3) is 0.679. The van der Waals surface area contributed by atoms with Gasteiger partial charge in [0.05, 0.1) is 30.7 Å². The molecule has 9 nitrogen and oxygen atoms in total. The molecular formula is C28H39N3O6. The second-order valence-electron chi connectivity index (χ2n) is 10.9. The third kappa shape index (κ3) is 4.30. The summed E-state index contributed by atoms with van der Waals surface area (Å²) in [6.07, 6.45) is 6.88. The number of β-amino-alcohol motifs (C(OH)–C–C–N with tert-alkyl or cyclic N) is 1. The highest BCUT2D eigenvalue weighted by molar-refractivity contribution is 6.02. The number of carbonyl (C=O) groups excluding carboxylic acids is 3. The summed E-state index contributed by atoms with van der Waals surface area (Å²) in [5, 5.41) is 15.9. The van der Waals surface area contributed by atoms with Gasteiger partial charge < -0.3 is 30.1 Å². The number of anilines is 1. The molecule has 4 aliphatic rings. The molecule has 0 aromatic heterocycles. The van der Waals surface area contributed by atoms with Crippen molar-refractivity contribution in [1.82, 2.24) is 10.2 Å². The molecule has 9 heteroatoms. The van der Waals surface area contributed by atoms with Crippen LogP contribution in [0.25, 0.3) is 0 Å². The Kier molecular flexibility index (Phi) is 7.20. The number of amides is 3. The summed E-state index contributed by atoms with van der Waals surface area (Å²) in [5.74, 6) is -1.56. The highest BCUT2D eigenvalue weighted by atomic mass is 16.5. The zero-order valence-corrected chi connectivity index (χ0v) is 21.8. The molecule has 3 heterocycles. The van der Waals surface area contributed by atoms with Gasteiger partial charge in [-0.25, -0.2) is 0 Å². The summed E-state index contributed by atoms with van der Waals surface area (Å²) >= 11 is 0. The fourth-order valence-corrected chi connectivity index (χ4v) is 7.31. The maximum atomic E-state index is 13.9. The minimum Gasteiger partial charge on any atom is -0.494 e. The fourth-order valence-electron chi connectivity index (χ4n) is 7.31. The van der Waals surface area contributed by atoms with Crippen LogP contribution in [0.5, 0.6) is 5.75 Å². The Morgan fingerprint density at radius 1 is 1.11 bits per heavy atom. The molecule has 5 rings (SSSR count). The average Bonchev–Trinajstić information content (AvgIpc) is 3.50. The van der Waals surface area contributed by atoms with Gasteiger partial charge in [-0.3, -0.25) is 14.4 Å². The summed E-state index contributed by atoms with van der Waals surface area (Å²) in [7, 11) is 0. The van der Waals surface area contributed by atoms with E-state index in [0.717, 1.165) is 25.7 Å². The second kappa shape index (κ2) is 10.3. The number of likely N-dealkylation sites (tertiary alicyclic amines) is 1. The molecule has 0 radical (unpaired) electrons. The van der Waals surface area contributed by atoms with Crippen molar-refractivity contribution in [1.29, 1.82) is 0 Å². The van der Waals surface area contributed by atoms with Crippen molar-refractivity contribution >= 4 is 23.4 Å². The molecule has 1 spiro atoms. The normalized spacial score (nSPS) is 32.9. The summed E-state index contributed by atoms with van der Waals surface area (Å²) in [5.41, 5.74) is -1.26. The lowest BCUT2D eigenvalue weighted by Gasteiger charge is -2.35. The first-order chi connectivity index (χ1) is 17.9. The minimum atomic E-state index is -1.07. The van der Waals surface area contributed by atoms with Crippen LogP contribution in [-0.2, 0) is 19.1 Å². The molecule has 1 aromatic carbocycles. The smallest absolute Gasteiger partial charge is 0.246 e. The Bertz CT molecular complexity index is 1030. The Morgan fingerprint density at radius 3 is 2.49 bits per heavy atom. The SMILES string of the molecule is CCOc1ccc(NC(=O)[C@@H]2[C@H]3C(=O)N(CCO)C(C(=O)NC4CCCCC4)C34CC[C@@]2(CC)O4)cc1. The molecule has 4 fully saturated rings. The van der Waals surface area contributed by atoms with Crippen LogP contribution in [0.15, 0.2) is 24.3 Å². The van der Waals surface area contributed by atoms with Crippen LogP contribution in [0.1, 0.15) is 65.2 Å². The van der Waals surface area contributed by atoms with Gasteiger partial charge in [0, 0.05) is 18.3 Å². The molecule has 1 aliphatic carbocycles. The maximum absolute atomic E-state index is 13.9. The number of aliphatic hydroxyl groups excluding tert-OH is 1. The molecule has 3 N–H and O–H groups in total. The topological polar surface area (TPSA) is 117 Å². The van der Waals surface area contributed by atoms with E-state index in [9.17, 15) is 19.5 Å². The molecular weight excluding hydrogens is 474 g/mol. The zero-order valence-electron chi connectivity index (χ0n) is 21.8. The van der Waals surface area contributed by atoms with Crippen molar-refractivity contribution in [3.63, 3.8) is 0 Å². The van der Waals surface area contributed by atoms with Gasteiger partial charge in [0.1, 0.15) is 17.4 Å². The molecule has 1 saturated carbocycles. The van der Waals surface area contributed by atoms with E-state index in [-0.39, 0.29) is 36.9 Å². The molecule has 2 bridgehead atoms. The number of benzene rings is 1. The molecule has 5 atom stereocenters. The van der Waals surface area contributed by atoms with Crippen molar-refractivity contribution in [3.05, 3.63) is 24.3 Å². The van der Waals surface area contributed by atoms with E-state index in [0.29, 0.717) is 37.3 Å². The van der Waals surface area contributed by atoms with Crippen LogP contribution < -0.4 is 15.4 Å². The summed E-state index contributed by atoms with van der Waals surface area (Å²) in [6.45, 7) is 4.21. The van der Waals surface area contributed by atoms with Crippen LogP contribution >= 0.6 is 0 Å². The number of hydrogen-bond donors (Lipinski definition) is 3. The van der Waals surface area contributed by atoms with Gasteiger partial charge in [0.25, 0.3) is 0 Å². The first-order valence-corrected chi connectivity index (χ1v) is 13.8. The van der Waals surface area contributed by atoms with Crippen LogP contribution in [0.4, 0.5) is 5.69 Å². The number of rotatable bonds is 9. The monoisotopic (exact) mass is 513 g/mol. The number of aliphatic hydroxyl groups is 1. The van der Waals surface area contributed by atoms with Crippen molar-refractivity contribution < 1.29 is 29.0 Å². The number of nitrogens with one attached hydrogen (secondary N) is 2. The van der Waals surface area contributed by atoms with E-state index in [1.54, 1.807) is 24.3 Å². The molecule has 37 heavy (non-hydrogen) atoms. The van der Waals surface area contributed by atoms with Crippen molar-refractivity contribution in [2.24, 2.45) is 11.8 Å². The molecule has 2 unspecified atom stereocenters. The van der Waals surface area contributed by atoms with Crippen molar-refractivity contribution in [3.8, 4) is 5.75 Å². The van der Waals surface area contributed by atoms with Gasteiger partial charge in [0.15, 0.2) is 0 Å². The van der Waals surface area contributed by atoms with Gasteiger partial charge >= 0.3 is 0 Å². The summed E-state index contributed by atoms with van der Waals surface area (Å²) in [4.78, 5) is 42.8. The third-order valence-corrected chi connectivity index (χ3v) is 8.94. The molecule has 3 amide bonds. The minimum absolute atomic E-state index is 0.0373. The summed E-state index contributed by atoms with van der Waals surface area (Å²) < 4.78 is 12.2. The standard InChI is InChI=1S/C28H39N3O6/c1-3-27-14-15-28(37-27)22(21(27)24(33)29-19-10-12-20(13-11-19)36-4-2)26(35)31(16-17-32)23(28)25(34)30-18-8-6-5-7-9-18/h10-13,18,21-23,32H,3-9,14-17H2,1-2H3,(H,29,33)(H,30,34)/t21-,22-,23?,27+,28?/m0/s1. The average molecular weight is 514 g/mol. The number of nitrogens with zero attached hydrogens (tertiary/aromatic N) is 1. The van der Waals surface area contributed by atoms with E-state index in [2.05, 4.69) is 10.6 Å². The number of fused-ring (bicyclic) bond motifs is 1. The predicted molar refractivity (Wildman–Crippen MR) is 137 cm³/mol. The number of hydrogen-bond acceptors (Lipinski definition) is 6. The first-order valence-electron chi connectivity index (χ1n) is 13.8. The first kappa shape index (κ1) is 26.0. The number of ether oxygens (including phenoxy) is 2. The lowest BCUT2D eigenvalue weighted by molar-refractivity contribution is -0.147. The van der Waals surface area contributed by atoms with E-state index < -0.39 is 29.1 Å². The van der Waals surface area contributed by atoms with Gasteiger partial charge in [-0.05, 0) is 63.3 Å². The van der Waals surface area contributed by atoms with Crippen LogP contribution in [0, 0.1) is 11.8 Å². The van der Waals surface area contributed by atoms with Crippen LogP contribution in [0.2, 0.25) is 0 Å². The Hall–Kier alpha value is -2.65. The lowest BCUT2D eigenvalue weighted by Crippen LogP contribution is -2.57. The maximum Gasteiger partial charge on any atom is 0.246 e. The molecule has 1 aromatic rings. The lowest BCUT2D eigenvalue weighted by atomic mass is 9.65. The van der Waals surface area contributed by atoms with Crippen molar-refractivity contribution in [2.45, 2.75) is 88.5 Å². The Labute approximate surface area is 218 Å². The number of carbonyl (C=O) groups is 3. The highest BCUT2D eigenvalue weighted by Crippen LogP contribution is 2.64. The Balaban J connectivity index is 1.43. The van der Waals surface area contributed by atoms with Gasteiger partial charge in [-0.1, -0.05) is 26.2 Å². The quantitative estimate of drug-likeness (QED) is 0.467. The molecule has 202 valence electrons. The highest BCUT2D eigenvalue weighted by Gasteiger charge is 2.78.